The maximum atomic E-state index is 12.1. The van der Waals surface area contributed by atoms with E-state index in [1.54, 1.807) is 10.6 Å². The number of carbonyl (C=O) groups is 1. The topological polar surface area (TPSA) is 66.6 Å². The van der Waals surface area contributed by atoms with Crippen molar-refractivity contribution in [2.24, 2.45) is 5.92 Å². The predicted molar refractivity (Wildman–Crippen MR) is 77.7 cm³/mol. The molecule has 2 N–H and O–H groups in total. The highest BCUT2D eigenvalue weighted by Crippen LogP contribution is 2.09. The summed E-state index contributed by atoms with van der Waals surface area (Å²) in [7, 11) is 0. The van der Waals surface area contributed by atoms with Gasteiger partial charge in [0.25, 0.3) is 5.91 Å². The van der Waals surface area contributed by atoms with E-state index in [4.69, 9.17) is 0 Å². The van der Waals surface area contributed by atoms with Gasteiger partial charge in [0.05, 0.1) is 12.3 Å². The van der Waals surface area contributed by atoms with Gasteiger partial charge in [-0.15, -0.1) is 0 Å². The van der Waals surface area contributed by atoms with Crippen molar-refractivity contribution >= 4 is 11.6 Å². The number of hydrogen-bond acceptors (Lipinski definition) is 3. The molecule has 0 aliphatic carbocycles. The van der Waals surface area contributed by atoms with E-state index in [9.17, 15) is 9.90 Å². The molecule has 0 bridgehead atoms. The first kappa shape index (κ1) is 14.5. The summed E-state index contributed by atoms with van der Waals surface area (Å²) >= 11 is 0. The van der Waals surface area contributed by atoms with Gasteiger partial charge in [0.1, 0.15) is 11.3 Å². The zero-order chi connectivity index (χ0) is 14.7. The Labute approximate surface area is 118 Å². The second kappa shape index (κ2) is 6.05. The second-order valence-electron chi connectivity index (χ2n) is 5.57. The maximum Gasteiger partial charge on any atom is 0.270 e. The Balaban J connectivity index is 2.06. The van der Waals surface area contributed by atoms with Gasteiger partial charge in [-0.1, -0.05) is 19.9 Å². The lowest BCUT2D eigenvalue weighted by molar-refractivity contribution is 0.0894. The van der Waals surface area contributed by atoms with Crippen LogP contribution in [-0.4, -0.2) is 33.0 Å². The highest BCUT2D eigenvalue weighted by molar-refractivity contribution is 5.93. The number of aliphatic hydroxyl groups is 1. The highest BCUT2D eigenvalue weighted by Gasteiger charge is 2.14. The number of nitrogens with one attached hydrogen (secondary N) is 1. The van der Waals surface area contributed by atoms with Gasteiger partial charge < -0.3 is 10.4 Å². The Kier molecular flexibility index (Phi) is 4.39. The third-order valence-corrected chi connectivity index (χ3v) is 3.13. The van der Waals surface area contributed by atoms with Crippen LogP contribution in [0.25, 0.3) is 5.65 Å². The predicted octanol–water partition coefficient (Wildman–Crippen LogP) is 1.78. The molecule has 0 saturated heterocycles. The first-order valence-electron chi connectivity index (χ1n) is 6.87. The van der Waals surface area contributed by atoms with E-state index in [0.717, 1.165) is 11.2 Å². The fourth-order valence-corrected chi connectivity index (χ4v) is 2.18. The number of aryl methyl sites for hydroxylation is 1. The largest absolute Gasteiger partial charge is 0.391 e. The molecule has 2 aromatic rings. The molecule has 2 rings (SSSR count). The van der Waals surface area contributed by atoms with Crippen LogP contribution in [-0.2, 0) is 0 Å². The summed E-state index contributed by atoms with van der Waals surface area (Å²) in [5.41, 5.74) is 2.29. The van der Waals surface area contributed by atoms with E-state index in [2.05, 4.69) is 10.3 Å². The third-order valence-electron chi connectivity index (χ3n) is 3.13. The maximum absolute atomic E-state index is 12.1. The van der Waals surface area contributed by atoms with Crippen molar-refractivity contribution in [1.29, 1.82) is 0 Å². The van der Waals surface area contributed by atoms with Crippen molar-refractivity contribution < 1.29 is 9.90 Å². The number of nitrogens with zero attached hydrogens (tertiary/aromatic N) is 2. The Hall–Kier alpha value is -1.88. The Morgan fingerprint density at radius 3 is 2.90 bits per heavy atom. The molecule has 20 heavy (non-hydrogen) atoms. The summed E-state index contributed by atoms with van der Waals surface area (Å²) < 4.78 is 1.76. The third kappa shape index (κ3) is 3.36. The summed E-state index contributed by atoms with van der Waals surface area (Å²) in [5, 5.41) is 12.5. The standard InChI is InChI=1S/C15H21N3O2/c1-10(2)6-12(19)7-17-15(20)13-8-16-14-5-4-11(3)9-18(13)14/h4-5,8-10,12,19H,6-7H2,1-3H3,(H,17,20). The average Bonchev–Trinajstić information content (AvgIpc) is 2.78. The van der Waals surface area contributed by atoms with Gasteiger partial charge in [-0.25, -0.2) is 4.98 Å². The van der Waals surface area contributed by atoms with Crippen LogP contribution in [0.2, 0.25) is 0 Å². The molecule has 2 aromatic heterocycles. The summed E-state index contributed by atoms with van der Waals surface area (Å²) in [6.07, 6.45) is 3.59. The zero-order valence-electron chi connectivity index (χ0n) is 12.1. The first-order chi connectivity index (χ1) is 9.47. The number of carbonyl (C=O) groups excluding carboxylic acids is 1. The summed E-state index contributed by atoms with van der Waals surface area (Å²) in [4.78, 5) is 16.3. The monoisotopic (exact) mass is 275 g/mol. The van der Waals surface area contributed by atoms with Crippen LogP contribution in [0.1, 0.15) is 36.3 Å². The molecule has 0 spiro atoms. The Morgan fingerprint density at radius 2 is 2.20 bits per heavy atom. The molecule has 0 aliphatic heterocycles. The van der Waals surface area contributed by atoms with Crippen molar-refractivity contribution in [2.75, 3.05) is 6.54 Å². The number of fused-ring (bicyclic) bond motifs is 1. The van der Waals surface area contributed by atoms with Crippen LogP contribution in [0.5, 0.6) is 0 Å². The SMILES string of the molecule is Cc1ccc2ncc(C(=O)NCC(O)CC(C)C)n2c1. The minimum atomic E-state index is -0.514. The second-order valence-corrected chi connectivity index (χ2v) is 5.57. The molecule has 0 aromatic carbocycles. The summed E-state index contributed by atoms with van der Waals surface area (Å²) in [6, 6.07) is 3.83. The fraction of sp³-hybridized carbons (Fsp3) is 0.467. The van der Waals surface area contributed by atoms with Gasteiger partial charge in [-0.2, -0.15) is 0 Å². The van der Waals surface area contributed by atoms with Crippen LogP contribution in [0, 0.1) is 12.8 Å². The van der Waals surface area contributed by atoms with Crippen LogP contribution in [0.15, 0.2) is 24.5 Å². The van der Waals surface area contributed by atoms with Crippen molar-refractivity contribution in [2.45, 2.75) is 33.3 Å². The molecule has 1 atom stereocenters. The normalized spacial score (nSPS) is 12.8. The minimum Gasteiger partial charge on any atom is -0.391 e. The van der Waals surface area contributed by atoms with Crippen LogP contribution in [0.3, 0.4) is 0 Å². The van der Waals surface area contributed by atoms with Crippen molar-refractivity contribution in [3.63, 3.8) is 0 Å². The number of aliphatic hydroxyl groups excluding tert-OH is 1. The van der Waals surface area contributed by atoms with Crippen molar-refractivity contribution in [3.8, 4) is 0 Å². The van der Waals surface area contributed by atoms with Crippen LogP contribution in [0.4, 0.5) is 0 Å². The smallest absolute Gasteiger partial charge is 0.270 e. The number of amides is 1. The molecule has 0 fully saturated rings. The highest BCUT2D eigenvalue weighted by atomic mass is 16.3. The van der Waals surface area contributed by atoms with Crippen molar-refractivity contribution in [1.82, 2.24) is 14.7 Å². The molecule has 0 saturated carbocycles. The van der Waals surface area contributed by atoms with E-state index in [1.165, 1.54) is 0 Å². The van der Waals surface area contributed by atoms with E-state index in [1.807, 2.05) is 39.1 Å². The van der Waals surface area contributed by atoms with Gasteiger partial charge in [-0.3, -0.25) is 9.20 Å². The lowest BCUT2D eigenvalue weighted by Gasteiger charge is -2.13. The van der Waals surface area contributed by atoms with E-state index in [0.29, 0.717) is 18.0 Å². The van der Waals surface area contributed by atoms with Crippen molar-refractivity contribution in [3.05, 3.63) is 35.8 Å². The number of aromatic nitrogens is 2. The molecule has 0 aliphatic rings. The van der Waals surface area contributed by atoms with E-state index >= 15 is 0 Å². The molecular weight excluding hydrogens is 254 g/mol. The fourth-order valence-electron chi connectivity index (χ4n) is 2.18. The first-order valence-corrected chi connectivity index (χ1v) is 6.87. The van der Waals surface area contributed by atoms with Gasteiger partial charge >= 0.3 is 0 Å². The average molecular weight is 275 g/mol. The van der Waals surface area contributed by atoms with Gasteiger partial charge in [0.15, 0.2) is 0 Å². The van der Waals surface area contributed by atoms with Gasteiger partial charge in [-0.05, 0) is 30.9 Å². The number of hydrogen-bond donors (Lipinski definition) is 2. The molecule has 1 unspecified atom stereocenters. The molecule has 0 radical (unpaired) electrons. The molecular formula is C15H21N3O2. The Bertz CT molecular complexity index is 604. The van der Waals surface area contributed by atoms with Crippen LogP contribution < -0.4 is 5.32 Å². The van der Waals surface area contributed by atoms with E-state index < -0.39 is 6.10 Å². The van der Waals surface area contributed by atoms with E-state index in [-0.39, 0.29) is 12.5 Å². The lowest BCUT2D eigenvalue weighted by atomic mass is 10.1. The summed E-state index contributed by atoms with van der Waals surface area (Å²) in [6.45, 7) is 6.31. The molecule has 5 nitrogen and oxygen atoms in total. The van der Waals surface area contributed by atoms with Crippen LogP contribution >= 0.6 is 0 Å². The quantitative estimate of drug-likeness (QED) is 0.874. The number of rotatable bonds is 5. The molecule has 2 heterocycles. The van der Waals surface area contributed by atoms with Gasteiger partial charge in [0.2, 0.25) is 0 Å². The molecule has 5 heteroatoms. The molecule has 1 amide bonds. The number of imidazole rings is 1. The molecule has 108 valence electrons. The lowest BCUT2D eigenvalue weighted by Crippen LogP contribution is -2.33. The minimum absolute atomic E-state index is 0.217. The zero-order valence-corrected chi connectivity index (χ0v) is 12.1. The number of pyridine rings is 1. The summed E-state index contributed by atoms with van der Waals surface area (Å²) in [5.74, 6) is 0.186. The van der Waals surface area contributed by atoms with Gasteiger partial charge in [0, 0.05) is 12.7 Å². The Morgan fingerprint density at radius 1 is 1.45 bits per heavy atom.